The van der Waals surface area contributed by atoms with E-state index in [0.29, 0.717) is 10.8 Å². The highest BCUT2D eigenvalue weighted by atomic mass is 35.5. The van der Waals surface area contributed by atoms with E-state index in [4.69, 9.17) is 16.3 Å². The molecule has 0 bridgehead atoms. The fourth-order valence-electron chi connectivity index (χ4n) is 0.932. The second kappa shape index (κ2) is 5.41. The Labute approximate surface area is 93.3 Å². The average Bonchev–Trinajstić information content (AvgIpc) is 2.23. The van der Waals surface area contributed by atoms with Gasteiger partial charge in [0.05, 0.1) is 24.5 Å². The Morgan fingerprint density at radius 2 is 2.20 bits per heavy atom. The Morgan fingerprint density at radius 1 is 1.47 bits per heavy atom. The van der Waals surface area contributed by atoms with Crippen molar-refractivity contribution in [2.45, 2.75) is 6.92 Å². The molecule has 0 atom stereocenters. The number of carbonyl (C=O) groups excluding carboxylic acids is 1. The number of rotatable bonds is 3. The molecule has 0 aliphatic rings. The van der Waals surface area contributed by atoms with Gasteiger partial charge in [0.1, 0.15) is 5.75 Å². The molecule has 1 rings (SSSR count). The van der Waals surface area contributed by atoms with Gasteiger partial charge >= 0.3 is 5.97 Å². The maximum atomic E-state index is 10.7. The molecule has 0 fully saturated rings. The molecular formula is C11H11ClO3. The molecule has 1 aromatic carbocycles. The van der Waals surface area contributed by atoms with Crippen LogP contribution >= 0.6 is 11.6 Å². The zero-order chi connectivity index (χ0) is 11.3. The second-order valence-corrected chi connectivity index (χ2v) is 3.28. The first-order chi connectivity index (χ1) is 7.13. The summed E-state index contributed by atoms with van der Waals surface area (Å²) in [5, 5.41) is 0.495. The monoisotopic (exact) mass is 226 g/mol. The second-order valence-electron chi connectivity index (χ2n) is 2.88. The molecular weight excluding hydrogens is 216 g/mol. The number of hydrogen-bond donors (Lipinski definition) is 0. The summed E-state index contributed by atoms with van der Waals surface area (Å²) >= 11 is 5.87. The number of esters is 1. The molecule has 0 aliphatic carbocycles. The van der Waals surface area contributed by atoms with E-state index >= 15 is 0 Å². The van der Waals surface area contributed by atoms with Crippen molar-refractivity contribution in [1.29, 1.82) is 0 Å². The van der Waals surface area contributed by atoms with Crippen LogP contribution in [-0.4, -0.2) is 13.1 Å². The first-order valence-corrected chi connectivity index (χ1v) is 4.68. The maximum Gasteiger partial charge on any atom is 0.333 e. The summed E-state index contributed by atoms with van der Waals surface area (Å²) in [6.45, 7) is 1.92. The van der Waals surface area contributed by atoms with E-state index in [0.717, 1.165) is 5.56 Å². The van der Waals surface area contributed by atoms with Crippen molar-refractivity contribution in [3.05, 3.63) is 41.1 Å². The van der Waals surface area contributed by atoms with Gasteiger partial charge in [0.2, 0.25) is 0 Å². The zero-order valence-electron chi connectivity index (χ0n) is 8.49. The number of ether oxygens (including phenoxy) is 2. The SMILES string of the molecule is COC(=O)/C=C/Oc1cc(C)ccc1Cl. The summed E-state index contributed by atoms with van der Waals surface area (Å²) in [5.41, 5.74) is 1.03. The fraction of sp³-hybridized carbons (Fsp3) is 0.182. The summed E-state index contributed by atoms with van der Waals surface area (Å²) in [5.74, 6) is 0.0376. The van der Waals surface area contributed by atoms with E-state index in [1.807, 2.05) is 13.0 Å². The summed E-state index contributed by atoms with van der Waals surface area (Å²) in [6, 6.07) is 5.39. The predicted molar refractivity (Wildman–Crippen MR) is 58.0 cm³/mol. The Balaban J connectivity index is 2.68. The molecule has 0 unspecified atom stereocenters. The summed E-state index contributed by atoms with van der Waals surface area (Å²) in [4.78, 5) is 10.7. The quantitative estimate of drug-likeness (QED) is 0.452. The smallest absolute Gasteiger partial charge is 0.333 e. The molecule has 0 aromatic heterocycles. The van der Waals surface area contributed by atoms with E-state index in [-0.39, 0.29) is 0 Å². The molecule has 80 valence electrons. The van der Waals surface area contributed by atoms with Gasteiger partial charge in [0, 0.05) is 0 Å². The summed E-state index contributed by atoms with van der Waals surface area (Å²) in [7, 11) is 1.30. The van der Waals surface area contributed by atoms with Crippen LogP contribution in [0.4, 0.5) is 0 Å². The summed E-state index contributed by atoms with van der Waals surface area (Å²) in [6.07, 6.45) is 2.42. The van der Waals surface area contributed by atoms with Crippen LogP contribution in [0.3, 0.4) is 0 Å². The Morgan fingerprint density at radius 3 is 2.87 bits per heavy atom. The van der Waals surface area contributed by atoms with E-state index in [1.165, 1.54) is 19.4 Å². The Bertz CT molecular complexity index is 385. The van der Waals surface area contributed by atoms with Crippen molar-refractivity contribution in [3.8, 4) is 5.75 Å². The zero-order valence-corrected chi connectivity index (χ0v) is 9.25. The van der Waals surface area contributed by atoms with Gasteiger partial charge in [-0.05, 0) is 24.6 Å². The number of hydrogen-bond acceptors (Lipinski definition) is 3. The molecule has 0 amide bonds. The number of benzene rings is 1. The molecule has 0 spiro atoms. The van der Waals surface area contributed by atoms with Crippen LogP contribution in [0.2, 0.25) is 5.02 Å². The molecule has 15 heavy (non-hydrogen) atoms. The number of halogens is 1. The number of aryl methyl sites for hydroxylation is 1. The van der Waals surface area contributed by atoms with Crippen molar-refractivity contribution in [3.63, 3.8) is 0 Å². The third-order valence-electron chi connectivity index (χ3n) is 1.69. The summed E-state index contributed by atoms with van der Waals surface area (Å²) < 4.78 is 9.58. The van der Waals surface area contributed by atoms with Crippen molar-refractivity contribution < 1.29 is 14.3 Å². The lowest BCUT2D eigenvalue weighted by atomic mass is 10.2. The van der Waals surface area contributed by atoms with Crippen LogP contribution in [0.25, 0.3) is 0 Å². The van der Waals surface area contributed by atoms with Gasteiger partial charge in [0.15, 0.2) is 0 Å². The number of methoxy groups -OCH3 is 1. The lowest BCUT2D eigenvalue weighted by Gasteiger charge is -2.03. The molecule has 4 heteroatoms. The van der Waals surface area contributed by atoms with Crippen LogP contribution in [0.5, 0.6) is 5.75 Å². The van der Waals surface area contributed by atoms with Gasteiger partial charge in [-0.2, -0.15) is 0 Å². The minimum Gasteiger partial charge on any atom is -0.466 e. The van der Waals surface area contributed by atoms with Gasteiger partial charge in [-0.3, -0.25) is 0 Å². The largest absolute Gasteiger partial charge is 0.466 e. The highest BCUT2D eigenvalue weighted by Gasteiger charge is 2.00. The van der Waals surface area contributed by atoms with E-state index in [9.17, 15) is 4.79 Å². The third-order valence-corrected chi connectivity index (χ3v) is 2.00. The normalized spacial score (nSPS) is 10.3. The third kappa shape index (κ3) is 3.64. The van der Waals surface area contributed by atoms with Gasteiger partial charge < -0.3 is 9.47 Å². The van der Waals surface area contributed by atoms with Gasteiger partial charge in [-0.15, -0.1) is 0 Å². The van der Waals surface area contributed by atoms with Crippen LogP contribution in [0.15, 0.2) is 30.5 Å². The molecule has 0 N–H and O–H groups in total. The van der Waals surface area contributed by atoms with Crippen LogP contribution < -0.4 is 4.74 Å². The fourth-order valence-corrected chi connectivity index (χ4v) is 1.09. The highest BCUT2D eigenvalue weighted by Crippen LogP contribution is 2.25. The minimum absolute atomic E-state index is 0.473. The Kier molecular flexibility index (Phi) is 4.18. The first-order valence-electron chi connectivity index (χ1n) is 4.31. The number of carbonyl (C=O) groups is 1. The van der Waals surface area contributed by atoms with Crippen LogP contribution in [-0.2, 0) is 9.53 Å². The lowest BCUT2D eigenvalue weighted by Crippen LogP contribution is -1.95. The van der Waals surface area contributed by atoms with Crippen molar-refractivity contribution in [2.24, 2.45) is 0 Å². The van der Waals surface area contributed by atoms with Crippen LogP contribution in [0.1, 0.15) is 5.56 Å². The topological polar surface area (TPSA) is 35.5 Å². The maximum absolute atomic E-state index is 10.7. The van der Waals surface area contributed by atoms with Gasteiger partial charge in [0.25, 0.3) is 0 Å². The predicted octanol–water partition coefficient (Wildman–Crippen LogP) is 2.71. The average molecular weight is 227 g/mol. The Hall–Kier alpha value is -1.48. The standard InChI is InChI=1S/C11H11ClO3/c1-8-3-4-9(12)10(7-8)15-6-5-11(13)14-2/h3-7H,1-2H3/b6-5+. The molecule has 0 saturated carbocycles. The van der Waals surface area contributed by atoms with Crippen molar-refractivity contribution >= 4 is 17.6 Å². The molecule has 0 radical (unpaired) electrons. The molecule has 0 aliphatic heterocycles. The van der Waals surface area contributed by atoms with Crippen molar-refractivity contribution in [2.75, 3.05) is 7.11 Å². The minimum atomic E-state index is -0.473. The molecule has 0 heterocycles. The molecule has 0 saturated heterocycles. The van der Waals surface area contributed by atoms with E-state index in [2.05, 4.69) is 4.74 Å². The first kappa shape index (κ1) is 11.6. The van der Waals surface area contributed by atoms with E-state index in [1.54, 1.807) is 12.1 Å². The van der Waals surface area contributed by atoms with Crippen molar-refractivity contribution in [1.82, 2.24) is 0 Å². The lowest BCUT2D eigenvalue weighted by molar-refractivity contribution is -0.134. The molecule has 3 nitrogen and oxygen atoms in total. The molecule has 1 aromatic rings. The van der Waals surface area contributed by atoms with Gasteiger partial charge in [-0.1, -0.05) is 17.7 Å². The van der Waals surface area contributed by atoms with Gasteiger partial charge in [-0.25, -0.2) is 4.79 Å². The van der Waals surface area contributed by atoms with E-state index < -0.39 is 5.97 Å². The van der Waals surface area contributed by atoms with Crippen LogP contribution in [0, 0.1) is 6.92 Å². The highest BCUT2D eigenvalue weighted by molar-refractivity contribution is 6.32.